The fourth-order valence-electron chi connectivity index (χ4n) is 0.916. The van der Waals surface area contributed by atoms with Gasteiger partial charge in [-0.3, -0.25) is 4.98 Å². The van der Waals surface area contributed by atoms with Crippen LogP contribution >= 0.6 is 0 Å². The molecule has 0 N–H and O–H groups in total. The van der Waals surface area contributed by atoms with E-state index in [2.05, 4.69) is 25.8 Å². The van der Waals surface area contributed by atoms with Gasteiger partial charge in [0, 0.05) is 12.1 Å². The van der Waals surface area contributed by atoms with Gasteiger partial charge in [0.1, 0.15) is 5.82 Å². The van der Waals surface area contributed by atoms with E-state index in [4.69, 9.17) is 0 Å². The Morgan fingerprint density at radius 3 is 2.42 bits per heavy atom. The van der Waals surface area contributed by atoms with Crippen molar-refractivity contribution in [3.63, 3.8) is 0 Å². The van der Waals surface area contributed by atoms with Crippen LogP contribution in [0.3, 0.4) is 0 Å². The van der Waals surface area contributed by atoms with Gasteiger partial charge >= 0.3 is 0 Å². The molecule has 0 saturated heterocycles. The third-order valence-electron chi connectivity index (χ3n) is 1.33. The summed E-state index contributed by atoms with van der Waals surface area (Å²) in [6.07, 6.45) is 3.24. The first-order chi connectivity index (χ1) is 5.47. The van der Waals surface area contributed by atoms with Crippen molar-refractivity contribution < 1.29 is 4.39 Å². The van der Waals surface area contributed by atoms with E-state index in [0.717, 1.165) is 5.69 Å². The second-order valence-electron chi connectivity index (χ2n) is 3.91. The van der Waals surface area contributed by atoms with Gasteiger partial charge in [-0.25, -0.2) is 4.39 Å². The molecule has 0 unspecified atom stereocenters. The van der Waals surface area contributed by atoms with E-state index in [1.165, 1.54) is 12.3 Å². The molecular formula is C10H13FN. The summed E-state index contributed by atoms with van der Waals surface area (Å²) in [6.45, 7) is 6.24. The van der Waals surface area contributed by atoms with Crippen LogP contribution in [0.4, 0.5) is 4.39 Å². The minimum absolute atomic E-state index is 0.0881. The molecule has 12 heavy (non-hydrogen) atoms. The smallest absolute Gasteiger partial charge is 0.141 e. The molecule has 0 saturated carbocycles. The highest BCUT2D eigenvalue weighted by Crippen LogP contribution is 2.21. The first-order valence-corrected chi connectivity index (χ1v) is 3.95. The lowest BCUT2D eigenvalue weighted by atomic mass is 9.90. The predicted octanol–water partition coefficient (Wildman–Crippen LogP) is 2.82. The van der Waals surface area contributed by atoms with Crippen LogP contribution in [-0.4, -0.2) is 4.98 Å². The SMILES string of the molecule is CC(C)(C)[CH]c1ccc(F)cn1. The minimum Gasteiger partial charge on any atom is -0.258 e. The molecule has 0 fully saturated rings. The molecule has 1 nitrogen and oxygen atoms in total. The fraction of sp³-hybridized carbons (Fsp3) is 0.400. The van der Waals surface area contributed by atoms with Crippen molar-refractivity contribution in [2.24, 2.45) is 5.41 Å². The monoisotopic (exact) mass is 166 g/mol. The molecule has 1 rings (SSSR count). The van der Waals surface area contributed by atoms with Crippen LogP contribution in [-0.2, 0) is 0 Å². The van der Waals surface area contributed by atoms with E-state index in [9.17, 15) is 4.39 Å². The quantitative estimate of drug-likeness (QED) is 0.625. The van der Waals surface area contributed by atoms with Crippen LogP contribution in [0.2, 0.25) is 0 Å². The molecule has 0 spiro atoms. The van der Waals surface area contributed by atoms with E-state index in [1.807, 2.05) is 6.42 Å². The van der Waals surface area contributed by atoms with Gasteiger partial charge in [0.05, 0.1) is 6.20 Å². The molecule has 0 aliphatic heterocycles. The Morgan fingerprint density at radius 2 is 2.00 bits per heavy atom. The van der Waals surface area contributed by atoms with Gasteiger partial charge in [0.25, 0.3) is 0 Å². The normalized spacial score (nSPS) is 11.7. The number of hydrogen-bond donors (Lipinski definition) is 0. The first-order valence-electron chi connectivity index (χ1n) is 3.95. The summed E-state index contributed by atoms with van der Waals surface area (Å²) < 4.78 is 12.4. The van der Waals surface area contributed by atoms with Crippen molar-refractivity contribution in [2.45, 2.75) is 20.8 Å². The lowest BCUT2D eigenvalue weighted by Crippen LogP contribution is -2.07. The second kappa shape index (κ2) is 3.21. The van der Waals surface area contributed by atoms with Crippen LogP contribution in [0, 0.1) is 17.7 Å². The summed E-state index contributed by atoms with van der Waals surface area (Å²) >= 11 is 0. The van der Waals surface area contributed by atoms with E-state index in [1.54, 1.807) is 6.07 Å². The van der Waals surface area contributed by atoms with Gasteiger partial charge in [0.15, 0.2) is 0 Å². The molecular weight excluding hydrogens is 153 g/mol. The topological polar surface area (TPSA) is 12.9 Å². The summed E-state index contributed by atoms with van der Waals surface area (Å²) in [6, 6.07) is 3.10. The number of aromatic nitrogens is 1. The van der Waals surface area contributed by atoms with Crippen LogP contribution in [0.1, 0.15) is 26.5 Å². The van der Waals surface area contributed by atoms with Crippen LogP contribution < -0.4 is 0 Å². The van der Waals surface area contributed by atoms with Crippen LogP contribution in [0.25, 0.3) is 0 Å². The van der Waals surface area contributed by atoms with Gasteiger partial charge in [-0.05, 0) is 17.5 Å². The molecule has 0 aromatic carbocycles. The highest BCUT2D eigenvalue weighted by molar-refractivity contribution is 5.16. The minimum atomic E-state index is -0.291. The van der Waals surface area contributed by atoms with Crippen molar-refractivity contribution in [1.82, 2.24) is 4.98 Å². The molecule has 0 aliphatic rings. The zero-order valence-corrected chi connectivity index (χ0v) is 7.63. The number of halogens is 1. The number of pyridine rings is 1. The number of rotatable bonds is 1. The maximum atomic E-state index is 12.4. The average Bonchev–Trinajstić information content (AvgIpc) is 1.91. The van der Waals surface area contributed by atoms with Crippen LogP contribution in [0.15, 0.2) is 18.3 Å². The van der Waals surface area contributed by atoms with E-state index < -0.39 is 0 Å². The lowest BCUT2D eigenvalue weighted by Gasteiger charge is -2.16. The zero-order chi connectivity index (χ0) is 9.19. The van der Waals surface area contributed by atoms with Gasteiger partial charge in [-0.15, -0.1) is 0 Å². The summed E-state index contributed by atoms with van der Waals surface area (Å²) in [4.78, 5) is 3.93. The molecule has 1 heterocycles. The number of nitrogens with zero attached hydrogens (tertiary/aromatic N) is 1. The van der Waals surface area contributed by atoms with Gasteiger partial charge in [0.2, 0.25) is 0 Å². The maximum absolute atomic E-state index is 12.4. The third kappa shape index (κ3) is 2.99. The van der Waals surface area contributed by atoms with Crippen molar-refractivity contribution >= 4 is 0 Å². The van der Waals surface area contributed by atoms with Gasteiger partial charge in [-0.1, -0.05) is 20.8 Å². The molecule has 65 valence electrons. The Bertz CT molecular complexity index is 246. The lowest BCUT2D eigenvalue weighted by molar-refractivity contribution is 0.501. The first kappa shape index (κ1) is 9.17. The standard InChI is InChI=1S/C10H13FN/c1-10(2,3)6-9-5-4-8(11)7-12-9/h4-7H,1-3H3. The van der Waals surface area contributed by atoms with Crippen molar-refractivity contribution in [3.8, 4) is 0 Å². The second-order valence-corrected chi connectivity index (χ2v) is 3.91. The highest BCUT2D eigenvalue weighted by Gasteiger charge is 2.12. The summed E-state index contributed by atoms with van der Waals surface area (Å²) in [5.41, 5.74) is 0.911. The summed E-state index contributed by atoms with van der Waals surface area (Å²) in [5.74, 6) is -0.291. The molecule has 1 radical (unpaired) electrons. The third-order valence-corrected chi connectivity index (χ3v) is 1.33. The van der Waals surface area contributed by atoms with Crippen molar-refractivity contribution in [3.05, 3.63) is 36.3 Å². The van der Waals surface area contributed by atoms with Crippen molar-refractivity contribution in [1.29, 1.82) is 0 Å². The van der Waals surface area contributed by atoms with E-state index in [0.29, 0.717) is 0 Å². The maximum Gasteiger partial charge on any atom is 0.141 e. The Hall–Kier alpha value is -0.920. The van der Waals surface area contributed by atoms with Gasteiger partial charge in [-0.2, -0.15) is 0 Å². The molecule has 0 bridgehead atoms. The molecule has 2 heteroatoms. The molecule has 0 amide bonds. The van der Waals surface area contributed by atoms with Crippen molar-refractivity contribution in [2.75, 3.05) is 0 Å². The molecule has 0 aliphatic carbocycles. The average molecular weight is 166 g/mol. The molecule has 1 aromatic rings. The Balaban J connectivity index is 2.71. The fourth-order valence-corrected chi connectivity index (χ4v) is 0.916. The largest absolute Gasteiger partial charge is 0.258 e. The summed E-state index contributed by atoms with van der Waals surface area (Å²) in [7, 11) is 0. The zero-order valence-electron chi connectivity index (χ0n) is 7.63. The Kier molecular flexibility index (Phi) is 2.46. The number of hydrogen-bond acceptors (Lipinski definition) is 1. The Labute approximate surface area is 72.6 Å². The predicted molar refractivity (Wildman–Crippen MR) is 47.1 cm³/mol. The summed E-state index contributed by atoms with van der Waals surface area (Å²) in [5, 5.41) is 0. The van der Waals surface area contributed by atoms with Gasteiger partial charge < -0.3 is 0 Å². The Morgan fingerprint density at radius 1 is 1.33 bits per heavy atom. The molecule has 1 aromatic heterocycles. The van der Waals surface area contributed by atoms with E-state index in [-0.39, 0.29) is 11.2 Å². The highest BCUT2D eigenvalue weighted by atomic mass is 19.1. The van der Waals surface area contributed by atoms with Crippen LogP contribution in [0.5, 0.6) is 0 Å². The molecule has 0 atom stereocenters. The van der Waals surface area contributed by atoms with E-state index >= 15 is 0 Å².